The highest BCUT2D eigenvalue weighted by Crippen LogP contribution is 2.37. The smallest absolute Gasteiger partial charge is 0.171 e. The molecule has 0 aromatic heterocycles. The second-order valence-corrected chi connectivity index (χ2v) is 5.37. The minimum absolute atomic E-state index is 0.341. The van der Waals surface area contributed by atoms with Crippen LogP contribution in [0.25, 0.3) is 32.3 Å². The first kappa shape index (κ1) is 12.5. The molecular formula is C18H11F3. The van der Waals surface area contributed by atoms with E-state index in [2.05, 4.69) is 0 Å². The van der Waals surface area contributed by atoms with Crippen molar-refractivity contribution in [1.29, 1.82) is 0 Å². The SMILES string of the molecule is FC(F)(F)Cc1ccc2ccc3cccc4ccc1c2c34. The molecule has 0 atom stereocenters. The van der Waals surface area contributed by atoms with Gasteiger partial charge in [-0.2, -0.15) is 13.2 Å². The maximum Gasteiger partial charge on any atom is 0.393 e. The van der Waals surface area contributed by atoms with Crippen molar-refractivity contribution in [1.82, 2.24) is 0 Å². The van der Waals surface area contributed by atoms with Crippen LogP contribution in [0.1, 0.15) is 5.56 Å². The Labute approximate surface area is 119 Å². The Morgan fingerprint density at radius 1 is 0.667 bits per heavy atom. The van der Waals surface area contributed by atoms with Gasteiger partial charge in [-0.1, -0.05) is 54.6 Å². The van der Waals surface area contributed by atoms with E-state index in [9.17, 15) is 13.2 Å². The molecule has 4 aromatic rings. The van der Waals surface area contributed by atoms with Crippen LogP contribution in [0.3, 0.4) is 0 Å². The van der Waals surface area contributed by atoms with E-state index in [4.69, 9.17) is 0 Å². The number of hydrogen-bond acceptors (Lipinski definition) is 0. The summed E-state index contributed by atoms with van der Waals surface area (Å²) in [4.78, 5) is 0. The molecule has 21 heavy (non-hydrogen) atoms. The molecule has 0 fully saturated rings. The van der Waals surface area contributed by atoms with Gasteiger partial charge in [0.15, 0.2) is 0 Å². The molecule has 0 nitrogen and oxygen atoms in total. The summed E-state index contributed by atoms with van der Waals surface area (Å²) in [7, 11) is 0. The Balaban J connectivity index is 2.15. The van der Waals surface area contributed by atoms with Crippen molar-refractivity contribution in [3.63, 3.8) is 0 Å². The zero-order valence-corrected chi connectivity index (χ0v) is 11.0. The van der Waals surface area contributed by atoms with Gasteiger partial charge in [-0.25, -0.2) is 0 Å². The molecule has 0 bridgehead atoms. The zero-order valence-electron chi connectivity index (χ0n) is 11.0. The fourth-order valence-corrected chi connectivity index (χ4v) is 3.17. The van der Waals surface area contributed by atoms with Crippen molar-refractivity contribution in [2.75, 3.05) is 0 Å². The molecule has 0 spiro atoms. The van der Waals surface area contributed by atoms with E-state index in [1.165, 1.54) is 0 Å². The molecule has 4 aromatic carbocycles. The Kier molecular flexibility index (Phi) is 2.43. The third-order valence-electron chi connectivity index (χ3n) is 4.01. The quantitative estimate of drug-likeness (QED) is 0.394. The van der Waals surface area contributed by atoms with Crippen molar-refractivity contribution in [3.05, 3.63) is 60.2 Å². The molecular weight excluding hydrogens is 273 g/mol. The lowest BCUT2D eigenvalue weighted by molar-refractivity contribution is -0.126. The van der Waals surface area contributed by atoms with Crippen LogP contribution >= 0.6 is 0 Å². The van der Waals surface area contributed by atoms with Gasteiger partial charge in [-0.15, -0.1) is 0 Å². The van der Waals surface area contributed by atoms with Crippen LogP contribution in [0.15, 0.2) is 54.6 Å². The van der Waals surface area contributed by atoms with E-state index < -0.39 is 12.6 Å². The summed E-state index contributed by atoms with van der Waals surface area (Å²) >= 11 is 0. The first-order valence-corrected chi connectivity index (χ1v) is 6.75. The van der Waals surface area contributed by atoms with Crippen LogP contribution in [-0.2, 0) is 6.42 Å². The molecule has 4 rings (SSSR count). The molecule has 0 aliphatic rings. The van der Waals surface area contributed by atoms with Crippen molar-refractivity contribution in [2.45, 2.75) is 12.6 Å². The first-order chi connectivity index (χ1) is 10.0. The van der Waals surface area contributed by atoms with Crippen LogP contribution in [0, 0.1) is 0 Å². The van der Waals surface area contributed by atoms with E-state index in [1.807, 2.05) is 42.5 Å². The number of alkyl halides is 3. The highest BCUT2D eigenvalue weighted by atomic mass is 19.4. The third-order valence-corrected chi connectivity index (χ3v) is 4.01. The lowest BCUT2D eigenvalue weighted by Crippen LogP contribution is -2.11. The molecule has 0 unspecified atom stereocenters. The summed E-state index contributed by atoms with van der Waals surface area (Å²) in [5.41, 5.74) is 0.341. The van der Waals surface area contributed by atoms with Crippen LogP contribution in [0.4, 0.5) is 13.2 Å². The van der Waals surface area contributed by atoms with E-state index in [-0.39, 0.29) is 0 Å². The van der Waals surface area contributed by atoms with Crippen molar-refractivity contribution in [3.8, 4) is 0 Å². The minimum Gasteiger partial charge on any atom is -0.171 e. The second-order valence-electron chi connectivity index (χ2n) is 5.37. The number of halogens is 3. The van der Waals surface area contributed by atoms with E-state index in [0.717, 1.165) is 26.9 Å². The Morgan fingerprint density at radius 3 is 1.90 bits per heavy atom. The third kappa shape index (κ3) is 1.92. The number of benzene rings is 4. The Morgan fingerprint density at radius 2 is 1.24 bits per heavy atom. The fourth-order valence-electron chi connectivity index (χ4n) is 3.17. The topological polar surface area (TPSA) is 0 Å². The molecule has 0 aliphatic heterocycles. The van der Waals surface area contributed by atoms with Gasteiger partial charge in [0, 0.05) is 0 Å². The summed E-state index contributed by atoms with van der Waals surface area (Å²) in [5.74, 6) is 0. The molecule has 0 aliphatic carbocycles. The van der Waals surface area contributed by atoms with E-state index in [1.54, 1.807) is 12.1 Å². The van der Waals surface area contributed by atoms with E-state index >= 15 is 0 Å². The van der Waals surface area contributed by atoms with Gasteiger partial charge in [-0.05, 0) is 37.9 Å². The predicted octanol–water partition coefficient (Wildman–Crippen LogP) is 5.69. The van der Waals surface area contributed by atoms with Crippen molar-refractivity contribution < 1.29 is 13.2 Å². The van der Waals surface area contributed by atoms with Gasteiger partial charge in [0.1, 0.15) is 0 Å². The van der Waals surface area contributed by atoms with Crippen LogP contribution in [-0.4, -0.2) is 6.18 Å². The molecule has 0 saturated carbocycles. The molecule has 0 radical (unpaired) electrons. The lowest BCUT2D eigenvalue weighted by atomic mass is 9.91. The molecule has 3 heteroatoms. The molecule has 0 N–H and O–H groups in total. The summed E-state index contributed by atoms with van der Waals surface area (Å²) in [6, 6.07) is 17.1. The Hall–Kier alpha value is -2.29. The zero-order chi connectivity index (χ0) is 14.6. The second kappa shape index (κ2) is 4.10. The van der Waals surface area contributed by atoms with Gasteiger partial charge in [0.05, 0.1) is 6.42 Å². The van der Waals surface area contributed by atoms with Gasteiger partial charge in [0.25, 0.3) is 0 Å². The highest BCUT2D eigenvalue weighted by molar-refractivity contribution is 6.23. The summed E-state index contributed by atoms with van der Waals surface area (Å²) < 4.78 is 38.3. The summed E-state index contributed by atoms with van der Waals surface area (Å²) in [5, 5.41) is 5.81. The monoisotopic (exact) mass is 284 g/mol. The predicted molar refractivity (Wildman–Crippen MR) is 79.9 cm³/mol. The summed E-state index contributed by atoms with van der Waals surface area (Å²) in [6.07, 6.45) is -5.08. The van der Waals surface area contributed by atoms with Gasteiger partial charge < -0.3 is 0 Å². The maximum atomic E-state index is 12.8. The molecule has 104 valence electrons. The normalized spacial score (nSPS) is 12.7. The fraction of sp³-hybridized carbons (Fsp3) is 0.111. The molecule has 0 saturated heterocycles. The van der Waals surface area contributed by atoms with Crippen molar-refractivity contribution >= 4 is 32.3 Å². The van der Waals surface area contributed by atoms with E-state index in [0.29, 0.717) is 10.9 Å². The number of hydrogen-bond donors (Lipinski definition) is 0. The number of rotatable bonds is 1. The molecule has 0 heterocycles. The molecule has 0 amide bonds. The average Bonchev–Trinajstić information content (AvgIpc) is 2.45. The van der Waals surface area contributed by atoms with Crippen LogP contribution in [0.5, 0.6) is 0 Å². The average molecular weight is 284 g/mol. The highest BCUT2D eigenvalue weighted by Gasteiger charge is 2.28. The lowest BCUT2D eigenvalue weighted by Gasteiger charge is -2.14. The van der Waals surface area contributed by atoms with Crippen molar-refractivity contribution in [2.24, 2.45) is 0 Å². The largest absolute Gasteiger partial charge is 0.393 e. The maximum absolute atomic E-state index is 12.8. The van der Waals surface area contributed by atoms with Crippen LogP contribution < -0.4 is 0 Å². The Bertz CT molecular complexity index is 935. The van der Waals surface area contributed by atoms with Gasteiger partial charge >= 0.3 is 6.18 Å². The first-order valence-electron chi connectivity index (χ1n) is 6.75. The van der Waals surface area contributed by atoms with Gasteiger partial charge in [-0.3, -0.25) is 0 Å². The minimum atomic E-state index is -4.19. The van der Waals surface area contributed by atoms with Crippen LogP contribution in [0.2, 0.25) is 0 Å². The summed E-state index contributed by atoms with van der Waals surface area (Å²) in [6.45, 7) is 0. The van der Waals surface area contributed by atoms with Gasteiger partial charge in [0.2, 0.25) is 0 Å². The standard InChI is InChI=1S/C18H11F3/c19-18(20,21)10-14-7-6-13-5-4-11-2-1-3-12-8-9-15(14)17(13)16(11)12/h1-9H,10H2.